The second kappa shape index (κ2) is 14.5. The van der Waals surface area contributed by atoms with Crippen molar-refractivity contribution in [3.63, 3.8) is 0 Å². The molecule has 1 saturated carbocycles. The molecule has 2 N–H and O–H groups in total. The number of hydrazine groups is 1. The molecule has 4 aliphatic rings. The third kappa shape index (κ3) is 5.69. The zero-order valence-corrected chi connectivity index (χ0v) is 35.0. The van der Waals surface area contributed by atoms with Gasteiger partial charge in [-0.1, -0.05) is 66.0 Å². The van der Waals surface area contributed by atoms with E-state index in [1.807, 2.05) is 25.1 Å². The Labute approximate surface area is 350 Å². The minimum absolute atomic E-state index is 0.0856. The fourth-order valence-electron chi connectivity index (χ4n) is 9.30. The van der Waals surface area contributed by atoms with E-state index in [1.54, 1.807) is 54.6 Å². The lowest BCUT2D eigenvalue weighted by atomic mass is 9.49. The number of hydrogen-bond donors (Lipinski definition) is 2. The van der Waals surface area contributed by atoms with E-state index in [0.717, 1.165) is 22.6 Å². The first-order chi connectivity index (χ1) is 26.9. The number of aromatic hydroxyl groups is 1. The molecule has 14 heteroatoms. The number of carbonyl (C=O) groups is 4. The minimum atomic E-state index is -1.62. The number of methoxy groups -OCH3 is 2. The van der Waals surface area contributed by atoms with Crippen molar-refractivity contribution < 1.29 is 33.8 Å². The summed E-state index contributed by atoms with van der Waals surface area (Å²) in [5.41, 5.74) is 5.02. The zero-order chi connectivity index (χ0) is 39.8. The molecule has 6 atom stereocenters. The van der Waals surface area contributed by atoms with Crippen LogP contribution >= 0.6 is 55.1 Å². The maximum absolute atomic E-state index is 15.6. The first-order valence-corrected chi connectivity index (χ1v) is 20.4. The quantitative estimate of drug-likeness (QED) is 0.133. The predicted octanol–water partition coefficient (Wildman–Crippen LogP) is 8.99. The number of carbonyl (C=O) groups excluding carboxylic acids is 4. The molecule has 0 spiro atoms. The SMILES string of the molecule is CCc1ccc(N2C(=O)C3CC=C4C(CC5C(=O)N(Nc6ccc(Cl)cc6Cl)C(=O)C5(c5ccc(OC)cc5)C4c4cc(OC)c(O)c(Br)c4Br)C3C2=O)cc1. The van der Waals surface area contributed by atoms with Crippen LogP contribution in [-0.2, 0) is 31.0 Å². The summed E-state index contributed by atoms with van der Waals surface area (Å²) >= 11 is 20.0. The van der Waals surface area contributed by atoms with Gasteiger partial charge in [0, 0.05) is 15.4 Å². The average Bonchev–Trinajstić information content (AvgIpc) is 3.58. The Hall–Kier alpha value is -4.36. The Morgan fingerprint density at radius 2 is 1.59 bits per heavy atom. The van der Waals surface area contributed by atoms with Crippen LogP contribution in [0.4, 0.5) is 11.4 Å². The second-order valence-corrected chi connectivity index (χ2v) is 16.8. The van der Waals surface area contributed by atoms with Crippen molar-refractivity contribution in [2.24, 2.45) is 23.7 Å². The summed E-state index contributed by atoms with van der Waals surface area (Å²) in [6, 6.07) is 20.8. The third-order valence-electron chi connectivity index (χ3n) is 11.9. The van der Waals surface area contributed by atoms with Gasteiger partial charge in [-0.3, -0.25) is 29.5 Å². The standard InChI is InChI=1S/C42H35Br2Cl2N3O7/c1-4-20-5-10-23(11-6-20)48-38(51)26-15-14-25-27(33(26)40(48)53)18-29-39(52)49(47-31-16-9-22(45)17-30(31)46)41(54)42(29,21-7-12-24(55-2)13-8-21)34(25)28-19-32(56-3)37(50)36(44)35(28)43/h5-14,16-17,19,26-27,29,33-34,47,50H,4,15,18H2,1-3H3. The van der Waals surface area contributed by atoms with Crippen LogP contribution in [0.2, 0.25) is 10.0 Å². The highest BCUT2D eigenvalue weighted by Gasteiger charge is 2.70. The number of anilines is 2. The lowest BCUT2D eigenvalue weighted by molar-refractivity contribution is -0.138. The molecule has 4 aromatic rings. The van der Waals surface area contributed by atoms with Crippen molar-refractivity contribution in [2.45, 2.75) is 37.5 Å². The smallest absolute Gasteiger partial charge is 0.260 e. The van der Waals surface area contributed by atoms with E-state index >= 15 is 9.59 Å². The van der Waals surface area contributed by atoms with Gasteiger partial charge < -0.3 is 14.6 Å². The van der Waals surface area contributed by atoms with Gasteiger partial charge in [0.1, 0.15) is 5.75 Å². The Morgan fingerprint density at radius 3 is 2.23 bits per heavy atom. The van der Waals surface area contributed by atoms with Crippen LogP contribution in [0, 0.1) is 23.7 Å². The van der Waals surface area contributed by atoms with Gasteiger partial charge >= 0.3 is 0 Å². The minimum Gasteiger partial charge on any atom is -0.503 e. The first kappa shape index (κ1) is 38.5. The lowest BCUT2D eigenvalue weighted by Gasteiger charge is -2.51. The van der Waals surface area contributed by atoms with Gasteiger partial charge in [0.25, 0.3) is 11.8 Å². The summed E-state index contributed by atoms with van der Waals surface area (Å²) in [5.74, 6) is -5.28. The number of benzene rings is 4. The molecule has 3 fully saturated rings. The summed E-state index contributed by atoms with van der Waals surface area (Å²) in [4.78, 5) is 60.8. The number of halogens is 4. The number of imide groups is 2. The first-order valence-electron chi connectivity index (χ1n) is 18.0. The maximum Gasteiger partial charge on any atom is 0.260 e. The molecule has 56 heavy (non-hydrogen) atoms. The molecule has 4 aromatic carbocycles. The summed E-state index contributed by atoms with van der Waals surface area (Å²) in [6.45, 7) is 2.03. The molecule has 4 amide bonds. The molecule has 2 aliphatic heterocycles. The molecule has 6 unspecified atom stereocenters. The van der Waals surface area contributed by atoms with Crippen LogP contribution in [0.1, 0.15) is 42.4 Å². The van der Waals surface area contributed by atoms with Crippen molar-refractivity contribution in [2.75, 3.05) is 24.5 Å². The molecular weight excluding hydrogens is 889 g/mol. The van der Waals surface area contributed by atoms with Crippen molar-refractivity contribution in [3.05, 3.63) is 120 Å². The predicted molar refractivity (Wildman–Crippen MR) is 219 cm³/mol. The van der Waals surface area contributed by atoms with E-state index in [4.69, 9.17) is 32.7 Å². The van der Waals surface area contributed by atoms with Gasteiger partial charge in [0.2, 0.25) is 11.8 Å². The molecular formula is C42H35Br2Cl2N3O7. The monoisotopic (exact) mass is 921 g/mol. The highest BCUT2D eigenvalue weighted by molar-refractivity contribution is 9.13. The molecule has 8 rings (SSSR count). The van der Waals surface area contributed by atoms with Crippen LogP contribution in [0.5, 0.6) is 17.2 Å². The van der Waals surface area contributed by atoms with E-state index in [0.29, 0.717) is 32.1 Å². The van der Waals surface area contributed by atoms with Crippen LogP contribution < -0.4 is 19.8 Å². The molecule has 0 bridgehead atoms. The van der Waals surface area contributed by atoms with Crippen LogP contribution in [0.25, 0.3) is 0 Å². The largest absolute Gasteiger partial charge is 0.503 e. The van der Waals surface area contributed by atoms with E-state index < -0.39 is 46.8 Å². The molecule has 0 radical (unpaired) electrons. The summed E-state index contributed by atoms with van der Waals surface area (Å²) in [5, 5.41) is 12.7. The number of aryl methyl sites for hydroxylation is 1. The highest BCUT2D eigenvalue weighted by Crippen LogP contribution is 2.66. The van der Waals surface area contributed by atoms with Gasteiger partial charge in [-0.2, -0.15) is 5.01 Å². The Morgan fingerprint density at radius 1 is 0.875 bits per heavy atom. The van der Waals surface area contributed by atoms with Crippen molar-refractivity contribution in [1.29, 1.82) is 0 Å². The molecule has 2 aliphatic carbocycles. The fourth-order valence-corrected chi connectivity index (χ4v) is 10.7. The number of nitrogens with zero attached hydrogens (tertiary/aromatic N) is 2. The maximum atomic E-state index is 15.6. The number of phenols is 1. The van der Waals surface area contributed by atoms with E-state index in [2.05, 4.69) is 37.3 Å². The number of rotatable bonds is 8. The van der Waals surface area contributed by atoms with Crippen molar-refractivity contribution >= 4 is 90.1 Å². The molecule has 10 nitrogen and oxygen atoms in total. The number of allylic oxidation sites excluding steroid dienone is 2. The zero-order valence-electron chi connectivity index (χ0n) is 30.3. The van der Waals surface area contributed by atoms with E-state index in [1.165, 1.54) is 25.2 Å². The normalized spacial score (nSPS) is 25.5. The number of fused-ring (bicyclic) bond motifs is 4. The van der Waals surface area contributed by atoms with Crippen LogP contribution in [0.3, 0.4) is 0 Å². The Kier molecular flexibility index (Phi) is 10.00. The highest BCUT2D eigenvalue weighted by atomic mass is 79.9. The molecule has 2 saturated heterocycles. The van der Waals surface area contributed by atoms with Crippen molar-refractivity contribution in [1.82, 2.24) is 5.01 Å². The van der Waals surface area contributed by atoms with Gasteiger partial charge in [0.05, 0.1) is 58.3 Å². The molecule has 288 valence electrons. The second-order valence-electron chi connectivity index (χ2n) is 14.4. The van der Waals surface area contributed by atoms with Gasteiger partial charge in [-0.15, -0.1) is 0 Å². The number of nitrogens with one attached hydrogen (secondary N) is 1. The number of amides is 4. The van der Waals surface area contributed by atoms with Crippen molar-refractivity contribution in [3.8, 4) is 17.2 Å². The number of phenolic OH excluding ortho intramolecular Hbond substituents is 1. The topological polar surface area (TPSA) is 125 Å². The molecule has 2 heterocycles. The van der Waals surface area contributed by atoms with E-state index in [9.17, 15) is 14.7 Å². The van der Waals surface area contributed by atoms with Gasteiger partial charge in [-0.25, -0.2) is 0 Å². The Bertz CT molecular complexity index is 2360. The van der Waals surface area contributed by atoms with Crippen LogP contribution in [-0.4, -0.2) is 48.0 Å². The summed E-state index contributed by atoms with van der Waals surface area (Å²) in [7, 11) is 2.96. The number of hydrogen-bond acceptors (Lipinski definition) is 8. The summed E-state index contributed by atoms with van der Waals surface area (Å²) in [6.07, 6.45) is 3.10. The fraction of sp³-hybridized carbons (Fsp3) is 0.286. The van der Waals surface area contributed by atoms with Gasteiger partial charge in [0.15, 0.2) is 11.5 Å². The van der Waals surface area contributed by atoms with E-state index in [-0.39, 0.29) is 51.3 Å². The molecule has 0 aromatic heterocycles. The Balaban J connectivity index is 1.36. The number of ether oxygens (including phenoxy) is 2. The summed E-state index contributed by atoms with van der Waals surface area (Å²) < 4.78 is 11.8. The van der Waals surface area contributed by atoms with Gasteiger partial charge in [-0.05, 0) is 122 Å². The average molecular weight is 924 g/mol. The lowest BCUT2D eigenvalue weighted by Crippen LogP contribution is -2.53. The third-order valence-corrected chi connectivity index (χ3v) is 14.6. The van der Waals surface area contributed by atoms with Crippen LogP contribution in [0.15, 0.2) is 93.4 Å².